The topological polar surface area (TPSA) is 46.6 Å². The number of nitrogens with zero attached hydrogens (tertiary/aromatic N) is 1. The first kappa shape index (κ1) is 17.0. The van der Waals surface area contributed by atoms with Crippen molar-refractivity contribution in [3.8, 4) is 0 Å². The standard InChI is InChI=1S/C16H29NO3/c1-14(2,3)20-13(19)17-11-15(4,5)10-16(6,7)12(17)8-9-18/h9,12H,8,10-11H2,1-7H3. The first-order valence-corrected chi connectivity index (χ1v) is 7.31. The molecule has 0 aromatic carbocycles. The molecule has 1 atom stereocenters. The van der Waals surface area contributed by atoms with Crippen molar-refractivity contribution in [3.63, 3.8) is 0 Å². The summed E-state index contributed by atoms with van der Waals surface area (Å²) in [5, 5.41) is 0. The normalized spacial score (nSPS) is 25.1. The quantitative estimate of drug-likeness (QED) is 0.727. The van der Waals surface area contributed by atoms with Crippen LogP contribution >= 0.6 is 0 Å². The highest BCUT2D eigenvalue weighted by Crippen LogP contribution is 2.45. The van der Waals surface area contributed by atoms with E-state index in [4.69, 9.17) is 4.74 Å². The molecule has 1 aliphatic rings. The number of hydrogen-bond donors (Lipinski definition) is 0. The third-order valence-corrected chi connectivity index (χ3v) is 3.76. The van der Waals surface area contributed by atoms with E-state index in [-0.39, 0.29) is 23.0 Å². The predicted molar refractivity (Wildman–Crippen MR) is 79.6 cm³/mol. The summed E-state index contributed by atoms with van der Waals surface area (Å²) in [4.78, 5) is 25.2. The van der Waals surface area contributed by atoms with Crippen LogP contribution in [-0.2, 0) is 9.53 Å². The van der Waals surface area contributed by atoms with Crippen LogP contribution in [0.3, 0.4) is 0 Å². The zero-order valence-corrected chi connectivity index (χ0v) is 13.9. The molecule has 0 radical (unpaired) electrons. The van der Waals surface area contributed by atoms with Crippen LogP contribution in [-0.4, -0.2) is 35.5 Å². The Hall–Kier alpha value is -1.06. The Labute approximate surface area is 122 Å². The predicted octanol–water partition coefficient (Wildman–Crippen LogP) is 3.64. The summed E-state index contributed by atoms with van der Waals surface area (Å²) in [5.41, 5.74) is -0.589. The summed E-state index contributed by atoms with van der Waals surface area (Å²) in [6.45, 7) is 14.8. The molecule has 0 bridgehead atoms. The first-order chi connectivity index (χ1) is 8.88. The number of aldehydes is 1. The van der Waals surface area contributed by atoms with Gasteiger partial charge in [0.15, 0.2) is 0 Å². The van der Waals surface area contributed by atoms with Crippen molar-refractivity contribution in [3.05, 3.63) is 0 Å². The van der Waals surface area contributed by atoms with E-state index >= 15 is 0 Å². The van der Waals surface area contributed by atoms with Gasteiger partial charge < -0.3 is 14.4 Å². The van der Waals surface area contributed by atoms with Crippen molar-refractivity contribution >= 4 is 12.4 Å². The van der Waals surface area contributed by atoms with E-state index in [1.807, 2.05) is 20.8 Å². The third kappa shape index (κ3) is 4.22. The summed E-state index contributed by atoms with van der Waals surface area (Å²) in [6.07, 6.45) is 1.94. The van der Waals surface area contributed by atoms with E-state index in [9.17, 15) is 9.59 Å². The van der Waals surface area contributed by atoms with Crippen LogP contribution in [0, 0.1) is 10.8 Å². The van der Waals surface area contributed by atoms with E-state index in [1.54, 1.807) is 4.90 Å². The summed E-state index contributed by atoms with van der Waals surface area (Å²) >= 11 is 0. The van der Waals surface area contributed by atoms with Crippen LogP contribution in [0.15, 0.2) is 0 Å². The molecule has 1 amide bonds. The monoisotopic (exact) mass is 283 g/mol. The van der Waals surface area contributed by atoms with Gasteiger partial charge in [0.05, 0.1) is 0 Å². The molecule has 1 fully saturated rings. The molecule has 0 aliphatic carbocycles. The largest absolute Gasteiger partial charge is 0.444 e. The summed E-state index contributed by atoms with van der Waals surface area (Å²) in [7, 11) is 0. The van der Waals surface area contributed by atoms with Crippen molar-refractivity contribution in [2.45, 2.75) is 73.0 Å². The molecule has 4 heteroatoms. The lowest BCUT2D eigenvalue weighted by molar-refractivity contribution is -0.112. The molecule has 0 N–H and O–H groups in total. The minimum Gasteiger partial charge on any atom is -0.444 e. The number of likely N-dealkylation sites (tertiary alicyclic amines) is 1. The lowest BCUT2D eigenvalue weighted by Crippen LogP contribution is -2.58. The highest BCUT2D eigenvalue weighted by molar-refractivity contribution is 5.70. The van der Waals surface area contributed by atoms with Crippen LogP contribution in [0.2, 0.25) is 0 Å². The molecule has 4 nitrogen and oxygen atoms in total. The number of carbonyl (C=O) groups is 2. The maximum Gasteiger partial charge on any atom is 0.410 e. The Morgan fingerprint density at radius 1 is 1.30 bits per heavy atom. The number of hydrogen-bond acceptors (Lipinski definition) is 3. The van der Waals surface area contributed by atoms with Crippen LogP contribution in [0.5, 0.6) is 0 Å². The second-order valence-corrected chi connectivity index (χ2v) is 8.36. The van der Waals surface area contributed by atoms with E-state index in [1.165, 1.54) is 0 Å². The third-order valence-electron chi connectivity index (χ3n) is 3.76. The SMILES string of the molecule is CC1(C)CN(C(=O)OC(C)(C)C)C(CC=O)C(C)(C)C1. The summed E-state index contributed by atoms with van der Waals surface area (Å²) in [5.74, 6) is 0. The Balaban J connectivity index is 3.03. The second-order valence-electron chi connectivity index (χ2n) is 8.36. The first-order valence-electron chi connectivity index (χ1n) is 7.31. The van der Waals surface area contributed by atoms with Gasteiger partial charge in [-0.05, 0) is 38.0 Å². The molecule has 116 valence electrons. The van der Waals surface area contributed by atoms with Crippen molar-refractivity contribution in [2.75, 3.05) is 6.54 Å². The van der Waals surface area contributed by atoms with Crippen molar-refractivity contribution in [2.24, 2.45) is 10.8 Å². The maximum absolute atomic E-state index is 12.5. The Kier molecular flexibility index (Phi) is 4.57. The number of ether oxygens (including phenoxy) is 1. The fraction of sp³-hybridized carbons (Fsp3) is 0.875. The number of piperidine rings is 1. The molecule has 0 aromatic heterocycles. The van der Waals surface area contributed by atoms with Gasteiger partial charge in [0.1, 0.15) is 11.9 Å². The van der Waals surface area contributed by atoms with E-state index in [0.717, 1.165) is 12.7 Å². The smallest absolute Gasteiger partial charge is 0.410 e. The lowest BCUT2D eigenvalue weighted by atomic mass is 9.66. The second kappa shape index (κ2) is 5.38. The average molecular weight is 283 g/mol. The molecule has 1 saturated heterocycles. The minimum atomic E-state index is -0.519. The molecule has 0 spiro atoms. The fourth-order valence-corrected chi connectivity index (χ4v) is 3.45. The summed E-state index contributed by atoms with van der Waals surface area (Å²) < 4.78 is 5.51. The van der Waals surface area contributed by atoms with E-state index < -0.39 is 5.60 Å². The van der Waals surface area contributed by atoms with Gasteiger partial charge in [-0.2, -0.15) is 0 Å². The van der Waals surface area contributed by atoms with E-state index in [2.05, 4.69) is 27.7 Å². The van der Waals surface area contributed by atoms with Crippen LogP contribution in [0.25, 0.3) is 0 Å². The van der Waals surface area contributed by atoms with Crippen molar-refractivity contribution < 1.29 is 14.3 Å². The highest BCUT2D eigenvalue weighted by Gasteiger charge is 2.47. The molecule has 20 heavy (non-hydrogen) atoms. The van der Waals surface area contributed by atoms with Gasteiger partial charge in [0.25, 0.3) is 0 Å². The van der Waals surface area contributed by atoms with Gasteiger partial charge in [-0.15, -0.1) is 0 Å². The zero-order chi connectivity index (χ0) is 15.8. The summed E-state index contributed by atoms with van der Waals surface area (Å²) in [6, 6.07) is -0.0946. The van der Waals surface area contributed by atoms with E-state index in [0.29, 0.717) is 13.0 Å². The van der Waals surface area contributed by atoms with Crippen molar-refractivity contribution in [1.82, 2.24) is 4.90 Å². The van der Waals surface area contributed by atoms with Crippen LogP contribution in [0.1, 0.15) is 61.3 Å². The highest BCUT2D eigenvalue weighted by atomic mass is 16.6. The molecule has 1 heterocycles. The maximum atomic E-state index is 12.5. The lowest BCUT2D eigenvalue weighted by Gasteiger charge is -2.52. The van der Waals surface area contributed by atoms with Gasteiger partial charge >= 0.3 is 6.09 Å². The van der Waals surface area contributed by atoms with Gasteiger partial charge in [-0.25, -0.2) is 4.79 Å². The van der Waals surface area contributed by atoms with Gasteiger partial charge in [0, 0.05) is 19.0 Å². The minimum absolute atomic E-state index is 0.0276. The van der Waals surface area contributed by atoms with Gasteiger partial charge in [-0.3, -0.25) is 0 Å². The average Bonchev–Trinajstić information content (AvgIpc) is 2.17. The molecular weight excluding hydrogens is 254 g/mol. The number of carbonyl (C=O) groups excluding carboxylic acids is 2. The molecular formula is C16H29NO3. The zero-order valence-electron chi connectivity index (χ0n) is 13.9. The molecule has 1 unspecified atom stereocenters. The van der Waals surface area contributed by atoms with Gasteiger partial charge in [-0.1, -0.05) is 27.7 Å². The molecule has 1 aliphatic heterocycles. The molecule has 0 aromatic rings. The Bertz CT molecular complexity index is 380. The Morgan fingerprint density at radius 2 is 1.85 bits per heavy atom. The number of amides is 1. The van der Waals surface area contributed by atoms with Gasteiger partial charge in [0.2, 0.25) is 0 Å². The van der Waals surface area contributed by atoms with Crippen molar-refractivity contribution in [1.29, 1.82) is 0 Å². The van der Waals surface area contributed by atoms with Crippen LogP contribution < -0.4 is 0 Å². The Morgan fingerprint density at radius 3 is 2.30 bits per heavy atom. The number of rotatable bonds is 2. The molecule has 1 rings (SSSR count). The fourth-order valence-electron chi connectivity index (χ4n) is 3.45. The molecule has 0 saturated carbocycles. The van der Waals surface area contributed by atoms with Crippen LogP contribution in [0.4, 0.5) is 4.79 Å².